The monoisotopic (exact) mass is 433 g/mol. The number of carbonyl (C=O) groups is 1. The van der Waals surface area contributed by atoms with E-state index >= 15 is 0 Å². The Bertz CT molecular complexity index is 1180. The number of nitrogens with one attached hydrogen (secondary N) is 1. The number of anilines is 3. The van der Waals surface area contributed by atoms with Crippen molar-refractivity contribution in [1.82, 2.24) is 24.7 Å². The van der Waals surface area contributed by atoms with E-state index in [-0.39, 0.29) is 5.91 Å². The fourth-order valence-electron chi connectivity index (χ4n) is 3.27. The Morgan fingerprint density at radius 3 is 2.84 bits per heavy atom. The summed E-state index contributed by atoms with van der Waals surface area (Å²) in [7, 11) is 0. The molecule has 1 N–H and O–H groups in total. The third kappa shape index (κ3) is 4.39. The van der Waals surface area contributed by atoms with Crippen LogP contribution in [0.25, 0.3) is 17.0 Å². The molecule has 9 heteroatoms. The van der Waals surface area contributed by atoms with E-state index in [0.29, 0.717) is 35.3 Å². The number of carbonyl (C=O) groups excluding carboxylic acids is 1. The summed E-state index contributed by atoms with van der Waals surface area (Å²) in [6.07, 6.45) is 14.9. The second-order valence-corrected chi connectivity index (χ2v) is 7.21. The van der Waals surface area contributed by atoms with Gasteiger partial charge in [0.2, 0.25) is 11.9 Å². The molecule has 0 aromatic carbocycles. The summed E-state index contributed by atoms with van der Waals surface area (Å²) in [5.41, 5.74) is 3.44. The van der Waals surface area contributed by atoms with E-state index in [1.807, 2.05) is 6.07 Å². The molecule has 0 bridgehead atoms. The van der Waals surface area contributed by atoms with E-state index in [2.05, 4.69) is 38.5 Å². The fraction of sp³-hybridized carbons (Fsp3) is 0.136. The van der Waals surface area contributed by atoms with Gasteiger partial charge in [0.25, 0.3) is 0 Å². The van der Waals surface area contributed by atoms with Gasteiger partial charge in [-0.1, -0.05) is 30.8 Å². The summed E-state index contributed by atoms with van der Waals surface area (Å²) in [5.74, 6) is 0.454. The summed E-state index contributed by atoms with van der Waals surface area (Å²) in [6.45, 7) is 8.18. The SMILES string of the molecule is C=C/C=C(\C=C)n1cc(-c2nc(Nc3cncc(N4CCCC4=O)c3)ncc2Cl)cn1. The normalized spacial score (nSPS) is 14.0. The number of hydrogen-bond acceptors (Lipinski definition) is 6. The van der Waals surface area contributed by atoms with Crippen molar-refractivity contribution >= 4 is 40.5 Å². The van der Waals surface area contributed by atoms with Gasteiger partial charge in [-0.25, -0.2) is 14.6 Å². The van der Waals surface area contributed by atoms with Crippen LogP contribution in [-0.4, -0.2) is 37.2 Å². The molecule has 1 saturated heterocycles. The van der Waals surface area contributed by atoms with Crippen LogP contribution in [0.2, 0.25) is 5.02 Å². The van der Waals surface area contributed by atoms with Crippen LogP contribution in [0.5, 0.6) is 0 Å². The second kappa shape index (κ2) is 8.93. The molecule has 1 aliphatic rings. The highest BCUT2D eigenvalue weighted by Gasteiger charge is 2.22. The average molecular weight is 434 g/mol. The number of aromatic nitrogens is 5. The van der Waals surface area contributed by atoms with Crippen molar-refractivity contribution in [2.24, 2.45) is 0 Å². The highest BCUT2D eigenvalue weighted by Crippen LogP contribution is 2.28. The van der Waals surface area contributed by atoms with Crippen LogP contribution in [0, 0.1) is 0 Å². The third-order valence-corrected chi connectivity index (χ3v) is 5.00. The van der Waals surface area contributed by atoms with Crippen molar-refractivity contribution in [3.05, 3.63) is 73.5 Å². The zero-order chi connectivity index (χ0) is 21.8. The van der Waals surface area contributed by atoms with Crippen LogP contribution in [-0.2, 0) is 4.79 Å². The van der Waals surface area contributed by atoms with Crippen molar-refractivity contribution in [3.8, 4) is 11.3 Å². The molecule has 3 aromatic heterocycles. The molecular formula is C22H20ClN7O. The minimum atomic E-state index is 0.102. The molecule has 8 nitrogen and oxygen atoms in total. The van der Waals surface area contributed by atoms with Gasteiger partial charge in [0.05, 0.1) is 52.6 Å². The Morgan fingerprint density at radius 2 is 2.10 bits per heavy atom. The summed E-state index contributed by atoms with van der Waals surface area (Å²) in [6, 6.07) is 1.85. The first-order valence-corrected chi connectivity index (χ1v) is 10.0. The summed E-state index contributed by atoms with van der Waals surface area (Å²) in [4.78, 5) is 26.8. The minimum Gasteiger partial charge on any atom is -0.323 e. The molecule has 1 amide bonds. The number of pyridine rings is 1. The van der Waals surface area contributed by atoms with E-state index in [9.17, 15) is 4.79 Å². The smallest absolute Gasteiger partial charge is 0.227 e. The number of hydrogen-bond donors (Lipinski definition) is 1. The third-order valence-electron chi connectivity index (χ3n) is 4.73. The van der Waals surface area contributed by atoms with E-state index in [4.69, 9.17) is 11.6 Å². The molecule has 0 spiro atoms. The molecule has 31 heavy (non-hydrogen) atoms. The Hall–Kier alpha value is -3.78. The zero-order valence-electron chi connectivity index (χ0n) is 16.7. The molecule has 0 unspecified atom stereocenters. The lowest BCUT2D eigenvalue weighted by molar-refractivity contribution is -0.117. The van der Waals surface area contributed by atoms with Crippen molar-refractivity contribution < 1.29 is 4.79 Å². The Balaban J connectivity index is 1.60. The van der Waals surface area contributed by atoms with Gasteiger partial charge in [0, 0.05) is 24.7 Å². The van der Waals surface area contributed by atoms with E-state index in [0.717, 1.165) is 23.4 Å². The van der Waals surface area contributed by atoms with Crippen molar-refractivity contribution in [1.29, 1.82) is 0 Å². The maximum Gasteiger partial charge on any atom is 0.227 e. The molecule has 4 heterocycles. The minimum absolute atomic E-state index is 0.102. The predicted molar refractivity (Wildman–Crippen MR) is 122 cm³/mol. The molecule has 1 aliphatic heterocycles. The van der Waals surface area contributed by atoms with Gasteiger partial charge in [-0.15, -0.1) is 0 Å². The van der Waals surface area contributed by atoms with Crippen LogP contribution >= 0.6 is 11.6 Å². The number of nitrogens with zero attached hydrogens (tertiary/aromatic N) is 6. The van der Waals surface area contributed by atoms with Gasteiger partial charge in [-0.2, -0.15) is 5.10 Å². The largest absolute Gasteiger partial charge is 0.323 e. The highest BCUT2D eigenvalue weighted by atomic mass is 35.5. The van der Waals surface area contributed by atoms with Gasteiger partial charge < -0.3 is 10.2 Å². The topological polar surface area (TPSA) is 88.8 Å². The molecule has 0 radical (unpaired) electrons. The Labute approximate surface area is 184 Å². The molecule has 1 fully saturated rings. The predicted octanol–water partition coefficient (Wildman–Crippen LogP) is 4.47. The van der Waals surface area contributed by atoms with Gasteiger partial charge >= 0.3 is 0 Å². The van der Waals surface area contributed by atoms with Gasteiger partial charge in [0.1, 0.15) is 0 Å². The van der Waals surface area contributed by atoms with Crippen LogP contribution in [0.1, 0.15) is 12.8 Å². The molecule has 0 aliphatic carbocycles. The molecule has 3 aromatic rings. The van der Waals surface area contributed by atoms with Crippen LogP contribution < -0.4 is 10.2 Å². The number of allylic oxidation sites excluding steroid dienone is 4. The Kier molecular flexibility index (Phi) is 5.90. The molecular weight excluding hydrogens is 414 g/mol. The maximum atomic E-state index is 12.0. The lowest BCUT2D eigenvalue weighted by Gasteiger charge is -2.16. The van der Waals surface area contributed by atoms with E-state index in [1.165, 1.54) is 6.20 Å². The molecule has 4 rings (SSSR count). The van der Waals surface area contributed by atoms with Gasteiger partial charge in [-0.05, 0) is 24.6 Å². The molecule has 156 valence electrons. The zero-order valence-corrected chi connectivity index (χ0v) is 17.5. The lowest BCUT2D eigenvalue weighted by atomic mass is 10.2. The van der Waals surface area contributed by atoms with E-state index < -0.39 is 0 Å². The second-order valence-electron chi connectivity index (χ2n) is 6.80. The highest BCUT2D eigenvalue weighted by molar-refractivity contribution is 6.32. The number of rotatable bonds is 7. The summed E-state index contributed by atoms with van der Waals surface area (Å²) < 4.78 is 1.66. The summed E-state index contributed by atoms with van der Waals surface area (Å²) in [5, 5.41) is 7.87. The van der Waals surface area contributed by atoms with Crippen molar-refractivity contribution in [2.75, 3.05) is 16.8 Å². The van der Waals surface area contributed by atoms with Crippen LogP contribution in [0.15, 0.2) is 68.4 Å². The molecule has 0 saturated carbocycles. The quantitative estimate of drug-likeness (QED) is 0.553. The average Bonchev–Trinajstić information content (AvgIpc) is 3.43. The first-order chi connectivity index (χ1) is 15.1. The van der Waals surface area contributed by atoms with Crippen LogP contribution in [0.4, 0.5) is 17.3 Å². The van der Waals surface area contributed by atoms with E-state index in [1.54, 1.807) is 52.6 Å². The van der Waals surface area contributed by atoms with Crippen molar-refractivity contribution in [3.63, 3.8) is 0 Å². The first kappa shape index (κ1) is 20.5. The van der Waals surface area contributed by atoms with Gasteiger partial charge in [0.15, 0.2) is 0 Å². The maximum absolute atomic E-state index is 12.0. The molecule has 0 atom stereocenters. The summed E-state index contributed by atoms with van der Waals surface area (Å²) >= 11 is 6.35. The number of halogens is 1. The van der Waals surface area contributed by atoms with Crippen LogP contribution in [0.3, 0.4) is 0 Å². The lowest BCUT2D eigenvalue weighted by Crippen LogP contribution is -2.23. The first-order valence-electron chi connectivity index (χ1n) is 9.64. The fourth-order valence-corrected chi connectivity index (χ4v) is 3.47. The standard InChI is InChI=1S/C22H20ClN7O/c1-3-6-17(4-2)30-14-15(10-26-30)21-19(23)13-25-22(28-21)27-16-9-18(12-24-11-16)29-8-5-7-20(29)31/h3-4,6,9-14H,1-2,5,7-8H2,(H,25,27,28)/b17-6+. The van der Waals surface area contributed by atoms with Gasteiger partial charge in [-0.3, -0.25) is 9.78 Å². The Morgan fingerprint density at radius 1 is 1.23 bits per heavy atom. The number of amides is 1. The van der Waals surface area contributed by atoms with Crippen molar-refractivity contribution in [2.45, 2.75) is 12.8 Å².